The van der Waals surface area contributed by atoms with E-state index in [2.05, 4.69) is 11.4 Å². The summed E-state index contributed by atoms with van der Waals surface area (Å²) in [7, 11) is -4.02. The second-order valence-electron chi connectivity index (χ2n) is 5.25. The van der Waals surface area contributed by atoms with Crippen LogP contribution in [0.4, 0.5) is 11.4 Å². The van der Waals surface area contributed by atoms with Gasteiger partial charge in [0.1, 0.15) is 5.69 Å². The van der Waals surface area contributed by atoms with E-state index in [0.29, 0.717) is 26.2 Å². The number of nitrogens with one attached hydrogen (secondary N) is 1. The summed E-state index contributed by atoms with van der Waals surface area (Å²) in [5, 5.41) is 27.7. The minimum Gasteiger partial charge on any atom is -0.377 e. The highest BCUT2D eigenvalue weighted by molar-refractivity contribution is 7.89. The van der Waals surface area contributed by atoms with E-state index in [-0.39, 0.29) is 28.9 Å². The van der Waals surface area contributed by atoms with Crippen LogP contribution in [0.25, 0.3) is 0 Å². The molecule has 10 nitrogen and oxygen atoms in total. The molecule has 1 aliphatic rings. The van der Waals surface area contributed by atoms with E-state index in [4.69, 9.17) is 15.1 Å². The van der Waals surface area contributed by atoms with Crippen molar-refractivity contribution in [2.75, 3.05) is 38.1 Å². The lowest BCUT2D eigenvalue weighted by Gasteiger charge is -2.31. The topological polar surface area (TPSA) is 152 Å². The zero-order valence-corrected chi connectivity index (χ0v) is 13.5. The molecule has 0 aliphatic carbocycles. The molecule has 3 N–H and O–H groups in total. The number of nitro groups is 1. The third-order valence-corrected chi connectivity index (χ3v) is 4.44. The third kappa shape index (κ3) is 4.62. The molecule has 1 saturated heterocycles. The maximum absolute atomic E-state index is 11.3. The Morgan fingerprint density at radius 1 is 1.54 bits per heavy atom. The van der Waals surface area contributed by atoms with Crippen LogP contribution in [0.3, 0.4) is 0 Å². The van der Waals surface area contributed by atoms with Crippen LogP contribution in [0, 0.1) is 21.4 Å². The van der Waals surface area contributed by atoms with E-state index in [0.717, 1.165) is 6.07 Å². The summed E-state index contributed by atoms with van der Waals surface area (Å²) in [5.41, 5.74) is -0.209. The Kier molecular flexibility index (Phi) is 5.68. The Hall–Kier alpha value is -2.26. The predicted molar refractivity (Wildman–Crippen MR) is 84.8 cm³/mol. The number of hydrogen-bond acceptors (Lipinski definition) is 8. The van der Waals surface area contributed by atoms with Gasteiger partial charge in [-0.15, -0.1) is 0 Å². The SMILES string of the molecule is N#CCN1CCOC(CNc2ccc(S(N)(=O)=O)cc2[N+](=O)[O-])C1. The highest BCUT2D eigenvalue weighted by Gasteiger charge is 2.23. The maximum Gasteiger partial charge on any atom is 0.293 e. The zero-order valence-electron chi connectivity index (χ0n) is 12.7. The van der Waals surface area contributed by atoms with Crippen molar-refractivity contribution in [2.24, 2.45) is 5.14 Å². The Morgan fingerprint density at radius 2 is 2.29 bits per heavy atom. The molecule has 0 radical (unpaired) electrons. The molecule has 0 amide bonds. The highest BCUT2D eigenvalue weighted by atomic mass is 32.2. The van der Waals surface area contributed by atoms with Gasteiger partial charge in [-0.2, -0.15) is 5.26 Å². The molecule has 1 unspecified atom stereocenters. The van der Waals surface area contributed by atoms with Gasteiger partial charge in [0.25, 0.3) is 5.69 Å². The molecule has 1 fully saturated rings. The predicted octanol–water partition coefficient (Wildman–Crippen LogP) is -0.122. The average molecular weight is 355 g/mol. The first-order valence-electron chi connectivity index (χ1n) is 7.07. The van der Waals surface area contributed by atoms with Crippen LogP contribution in [-0.4, -0.2) is 57.1 Å². The van der Waals surface area contributed by atoms with Gasteiger partial charge in [0.2, 0.25) is 10.0 Å². The Morgan fingerprint density at radius 3 is 2.92 bits per heavy atom. The molecule has 0 bridgehead atoms. The van der Waals surface area contributed by atoms with Crippen LogP contribution in [0.1, 0.15) is 0 Å². The first-order chi connectivity index (χ1) is 11.3. The number of sulfonamides is 1. The average Bonchev–Trinajstić information content (AvgIpc) is 2.52. The Labute approximate surface area is 139 Å². The number of ether oxygens (including phenoxy) is 1. The molecular weight excluding hydrogens is 338 g/mol. The molecule has 130 valence electrons. The summed E-state index contributed by atoms with van der Waals surface area (Å²) in [5.74, 6) is 0. The second kappa shape index (κ2) is 7.54. The van der Waals surface area contributed by atoms with Crippen molar-refractivity contribution in [3.8, 4) is 6.07 Å². The lowest BCUT2D eigenvalue weighted by atomic mass is 10.2. The van der Waals surface area contributed by atoms with Gasteiger partial charge in [0.15, 0.2) is 0 Å². The quantitative estimate of drug-likeness (QED) is 0.407. The van der Waals surface area contributed by atoms with Crippen LogP contribution in [0.5, 0.6) is 0 Å². The van der Waals surface area contributed by atoms with Crippen molar-refractivity contribution < 1.29 is 18.1 Å². The van der Waals surface area contributed by atoms with Crippen LogP contribution in [0.15, 0.2) is 23.1 Å². The molecule has 24 heavy (non-hydrogen) atoms. The molecule has 0 aromatic heterocycles. The number of morpholine rings is 1. The first kappa shape index (κ1) is 18.1. The second-order valence-corrected chi connectivity index (χ2v) is 6.81. The first-order valence-corrected chi connectivity index (χ1v) is 8.62. The van der Waals surface area contributed by atoms with Crippen molar-refractivity contribution >= 4 is 21.4 Å². The lowest BCUT2D eigenvalue weighted by Crippen LogP contribution is -2.45. The molecular formula is C13H17N5O5S. The van der Waals surface area contributed by atoms with E-state index in [1.54, 1.807) is 0 Å². The molecule has 0 spiro atoms. The van der Waals surface area contributed by atoms with Gasteiger partial charge < -0.3 is 10.1 Å². The zero-order chi connectivity index (χ0) is 17.7. The van der Waals surface area contributed by atoms with Crippen LogP contribution >= 0.6 is 0 Å². The third-order valence-electron chi connectivity index (χ3n) is 3.53. The molecule has 1 heterocycles. The summed E-state index contributed by atoms with van der Waals surface area (Å²) >= 11 is 0. The summed E-state index contributed by atoms with van der Waals surface area (Å²) in [6, 6.07) is 5.49. The van der Waals surface area contributed by atoms with Gasteiger partial charge in [-0.1, -0.05) is 0 Å². The molecule has 1 atom stereocenters. The fourth-order valence-electron chi connectivity index (χ4n) is 2.36. The van der Waals surface area contributed by atoms with Crippen molar-refractivity contribution in [1.29, 1.82) is 5.26 Å². The molecule has 2 rings (SSSR count). The summed E-state index contributed by atoms with van der Waals surface area (Å²) in [6.45, 7) is 2.25. The maximum atomic E-state index is 11.3. The Balaban J connectivity index is 2.09. The molecule has 0 saturated carbocycles. The summed E-state index contributed by atoms with van der Waals surface area (Å²) in [6.07, 6.45) is -0.232. The molecule has 1 aromatic rings. The van der Waals surface area contributed by atoms with Crippen molar-refractivity contribution in [2.45, 2.75) is 11.0 Å². The van der Waals surface area contributed by atoms with Crippen molar-refractivity contribution in [3.05, 3.63) is 28.3 Å². The summed E-state index contributed by atoms with van der Waals surface area (Å²) < 4.78 is 28.2. The summed E-state index contributed by atoms with van der Waals surface area (Å²) in [4.78, 5) is 12.1. The lowest BCUT2D eigenvalue weighted by molar-refractivity contribution is -0.384. The van der Waals surface area contributed by atoms with E-state index in [1.165, 1.54) is 12.1 Å². The number of anilines is 1. The van der Waals surface area contributed by atoms with Gasteiger partial charge in [0.05, 0.1) is 35.1 Å². The van der Waals surface area contributed by atoms with Gasteiger partial charge in [-0.05, 0) is 12.1 Å². The minimum absolute atomic E-state index is 0.174. The van der Waals surface area contributed by atoms with Crippen LogP contribution in [-0.2, 0) is 14.8 Å². The van der Waals surface area contributed by atoms with Crippen molar-refractivity contribution in [1.82, 2.24) is 4.90 Å². The largest absolute Gasteiger partial charge is 0.377 e. The highest BCUT2D eigenvalue weighted by Crippen LogP contribution is 2.27. The molecule has 11 heteroatoms. The number of nitro benzene ring substituents is 1. The number of benzene rings is 1. The number of nitrogens with two attached hydrogens (primary N) is 1. The fourth-order valence-corrected chi connectivity index (χ4v) is 2.89. The number of nitrogens with zero attached hydrogens (tertiary/aromatic N) is 3. The van der Waals surface area contributed by atoms with Gasteiger partial charge in [-0.3, -0.25) is 15.0 Å². The van der Waals surface area contributed by atoms with Gasteiger partial charge in [-0.25, -0.2) is 13.6 Å². The number of rotatable bonds is 6. The van der Waals surface area contributed by atoms with Crippen molar-refractivity contribution in [3.63, 3.8) is 0 Å². The number of primary sulfonamides is 1. The van der Waals surface area contributed by atoms with E-state index >= 15 is 0 Å². The van der Waals surface area contributed by atoms with Gasteiger partial charge in [0, 0.05) is 25.7 Å². The van der Waals surface area contributed by atoms with E-state index in [9.17, 15) is 18.5 Å². The molecule has 1 aliphatic heterocycles. The minimum atomic E-state index is -4.02. The monoisotopic (exact) mass is 355 g/mol. The van der Waals surface area contributed by atoms with Crippen LogP contribution < -0.4 is 10.5 Å². The Bertz CT molecular complexity index is 761. The van der Waals surface area contributed by atoms with Gasteiger partial charge >= 0.3 is 0 Å². The number of hydrogen-bond donors (Lipinski definition) is 2. The number of nitriles is 1. The van der Waals surface area contributed by atoms with E-state index in [1.807, 2.05) is 4.90 Å². The normalized spacial score (nSPS) is 18.8. The van der Waals surface area contributed by atoms with Crippen LogP contribution in [0.2, 0.25) is 0 Å². The van der Waals surface area contributed by atoms with E-state index < -0.39 is 14.9 Å². The fraction of sp³-hybridized carbons (Fsp3) is 0.462. The molecule has 1 aromatic carbocycles. The smallest absolute Gasteiger partial charge is 0.293 e. The standard InChI is InChI=1S/C13H17N5O5S/c14-3-4-17-5-6-23-10(9-17)8-16-12-2-1-11(24(15,21)22)7-13(12)18(19)20/h1-2,7,10,16H,4-6,8-9H2,(H2,15,21,22).